The third-order valence-electron chi connectivity index (χ3n) is 3.03. The number of hydrogen-bond donors (Lipinski definition) is 1. The Morgan fingerprint density at radius 1 is 1.32 bits per heavy atom. The van der Waals surface area contributed by atoms with Crippen LogP contribution in [-0.4, -0.2) is 54.3 Å². The normalized spacial score (nSPS) is 11.2. The molecular formula is C12H17N5O2. The summed E-state index contributed by atoms with van der Waals surface area (Å²) in [5.74, 6) is 0. The Morgan fingerprint density at radius 2 is 2.05 bits per heavy atom. The number of aromatic nitrogens is 2. The van der Waals surface area contributed by atoms with Crippen LogP contribution in [0.2, 0.25) is 0 Å². The number of fused-ring (bicyclic) bond motifs is 1. The van der Waals surface area contributed by atoms with Crippen LogP contribution >= 0.6 is 0 Å². The molecule has 7 heteroatoms. The SMILES string of the molecule is CN(C)CCN(C)c1cc2[nH]ncc2cc1[N+](=O)[O-]. The van der Waals surface area contributed by atoms with Crippen LogP contribution in [0.5, 0.6) is 0 Å². The highest BCUT2D eigenvalue weighted by atomic mass is 16.6. The molecule has 0 aliphatic carbocycles. The first-order valence-corrected chi connectivity index (χ1v) is 5.96. The Bertz CT molecular complexity index is 593. The van der Waals surface area contributed by atoms with Gasteiger partial charge in [-0.05, 0) is 20.2 Å². The minimum atomic E-state index is -0.353. The van der Waals surface area contributed by atoms with Gasteiger partial charge >= 0.3 is 0 Å². The second kappa shape index (κ2) is 5.23. The van der Waals surface area contributed by atoms with E-state index in [4.69, 9.17) is 0 Å². The number of aromatic amines is 1. The number of nitrogens with one attached hydrogen (secondary N) is 1. The molecular weight excluding hydrogens is 246 g/mol. The number of nitro groups is 1. The van der Waals surface area contributed by atoms with Crippen molar-refractivity contribution in [3.8, 4) is 0 Å². The smallest absolute Gasteiger partial charge is 0.293 e. The van der Waals surface area contributed by atoms with E-state index in [0.29, 0.717) is 12.2 Å². The third kappa shape index (κ3) is 2.82. The molecule has 0 amide bonds. The number of nitro benzene ring substituents is 1. The molecule has 0 fully saturated rings. The van der Waals surface area contributed by atoms with Crippen LogP contribution in [0.3, 0.4) is 0 Å². The lowest BCUT2D eigenvalue weighted by molar-refractivity contribution is -0.384. The first kappa shape index (κ1) is 13.3. The summed E-state index contributed by atoms with van der Waals surface area (Å²) in [7, 11) is 5.80. The molecule has 1 aromatic carbocycles. The van der Waals surface area contributed by atoms with Crippen LogP contribution in [0.4, 0.5) is 11.4 Å². The third-order valence-corrected chi connectivity index (χ3v) is 3.03. The quantitative estimate of drug-likeness (QED) is 0.652. The Morgan fingerprint density at radius 3 is 2.68 bits per heavy atom. The molecule has 0 saturated heterocycles. The van der Waals surface area contributed by atoms with Gasteiger partial charge < -0.3 is 9.80 Å². The van der Waals surface area contributed by atoms with Gasteiger partial charge in [-0.25, -0.2) is 0 Å². The summed E-state index contributed by atoms with van der Waals surface area (Å²) in [5.41, 5.74) is 1.51. The number of likely N-dealkylation sites (N-methyl/N-ethyl adjacent to an activating group) is 2. The Hall–Kier alpha value is -2.15. The fraction of sp³-hybridized carbons (Fsp3) is 0.417. The van der Waals surface area contributed by atoms with Gasteiger partial charge in [0.05, 0.1) is 16.6 Å². The van der Waals surface area contributed by atoms with E-state index in [1.807, 2.05) is 30.9 Å². The minimum Gasteiger partial charge on any atom is -0.368 e. The van der Waals surface area contributed by atoms with E-state index in [2.05, 4.69) is 10.2 Å². The van der Waals surface area contributed by atoms with Crippen molar-refractivity contribution >= 4 is 22.3 Å². The molecule has 2 aromatic rings. The van der Waals surface area contributed by atoms with Gasteiger partial charge in [0.2, 0.25) is 0 Å². The molecule has 19 heavy (non-hydrogen) atoms. The van der Waals surface area contributed by atoms with E-state index in [-0.39, 0.29) is 10.6 Å². The monoisotopic (exact) mass is 263 g/mol. The van der Waals surface area contributed by atoms with Gasteiger partial charge in [0.25, 0.3) is 5.69 Å². The lowest BCUT2D eigenvalue weighted by Gasteiger charge is -2.21. The molecule has 0 saturated carbocycles. The zero-order valence-electron chi connectivity index (χ0n) is 11.3. The van der Waals surface area contributed by atoms with Gasteiger partial charge in [-0.15, -0.1) is 0 Å². The van der Waals surface area contributed by atoms with Crippen LogP contribution in [0.1, 0.15) is 0 Å². The molecule has 0 aliphatic heterocycles. The van der Waals surface area contributed by atoms with Crippen molar-refractivity contribution in [2.24, 2.45) is 0 Å². The zero-order valence-corrected chi connectivity index (χ0v) is 11.3. The lowest BCUT2D eigenvalue weighted by atomic mass is 10.2. The summed E-state index contributed by atoms with van der Waals surface area (Å²) in [5, 5.41) is 18.7. The predicted molar refractivity (Wildman–Crippen MR) is 74.6 cm³/mol. The van der Waals surface area contributed by atoms with E-state index in [9.17, 15) is 10.1 Å². The molecule has 0 unspecified atom stereocenters. The van der Waals surface area contributed by atoms with Crippen molar-refractivity contribution < 1.29 is 4.92 Å². The molecule has 0 spiro atoms. The van der Waals surface area contributed by atoms with Crippen LogP contribution in [0.25, 0.3) is 10.9 Å². The van der Waals surface area contributed by atoms with Crippen molar-refractivity contribution in [1.82, 2.24) is 15.1 Å². The molecule has 0 radical (unpaired) electrons. The highest BCUT2D eigenvalue weighted by Gasteiger charge is 2.19. The molecule has 1 N–H and O–H groups in total. The number of rotatable bonds is 5. The Kier molecular flexibility index (Phi) is 3.66. The van der Waals surface area contributed by atoms with Crippen LogP contribution in [-0.2, 0) is 0 Å². The predicted octanol–water partition coefficient (Wildman–Crippen LogP) is 1.47. The summed E-state index contributed by atoms with van der Waals surface area (Å²) >= 11 is 0. The Balaban J connectivity index is 2.38. The minimum absolute atomic E-state index is 0.107. The molecule has 1 aromatic heterocycles. The number of hydrogen-bond acceptors (Lipinski definition) is 5. The van der Waals surface area contributed by atoms with Gasteiger partial charge in [0.1, 0.15) is 5.69 Å². The summed E-state index contributed by atoms with van der Waals surface area (Å²) in [6.45, 7) is 1.54. The van der Waals surface area contributed by atoms with E-state index in [0.717, 1.165) is 17.4 Å². The maximum atomic E-state index is 11.2. The molecule has 0 atom stereocenters. The maximum absolute atomic E-state index is 11.2. The van der Waals surface area contributed by atoms with Crippen LogP contribution in [0, 0.1) is 10.1 Å². The van der Waals surface area contributed by atoms with E-state index < -0.39 is 0 Å². The van der Waals surface area contributed by atoms with Gasteiger partial charge in [-0.1, -0.05) is 0 Å². The van der Waals surface area contributed by atoms with E-state index in [1.54, 1.807) is 18.3 Å². The molecule has 1 heterocycles. The van der Waals surface area contributed by atoms with Crippen LogP contribution in [0.15, 0.2) is 18.3 Å². The van der Waals surface area contributed by atoms with Gasteiger partial charge in [0, 0.05) is 31.6 Å². The zero-order chi connectivity index (χ0) is 14.0. The maximum Gasteiger partial charge on any atom is 0.293 e. The molecule has 0 aliphatic rings. The number of anilines is 1. The highest BCUT2D eigenvalue weighted by molar-refractivity contribution is 5.87. The van der Waals surface area contributed by atoms with E-state index in [1.165, 1.54) is 0 Å². The van der Waals surface area contributed by atoms with Gasteiger partial charge in [-0.2, -0.15) is 5.10 Å². The van der Waals surface area contributed by atoms with Crippen molar-refractivity contribution in [1.29, 1.82) is 0 Å². The number of nitrogens with zero attached hydrogens (tertiary/aromatic N) is 4. The summed E-state index contributed by atoms with van der Waals surface area (Å²) in [6.07, 6.45) is 1.59. The van der Waals surface area contributed by atoms with Crippen molar-refractivity contribution in [2.75, 3.05) is 39.1 Å². The first-order valence-electron chi connectivity index (χ1n) is 5.96. The largest absolute Gasteiger partial charge is 0.368 e. The Labute approximate surface area is 111 Å². The second-order valence-corrected chi connectivity index (χ2v) is 4.78. The molecule has 2 rings (SSSR count). The van der Waals surface area contributed by atoms with Crippen molar-refractivity contribution in [2.45, 2.75) is 0 Å². The average molecular weight is 263 g/mol. The fourth-order valence-electron chi connectivity index (χ4n) is 1.89. The highest BCUT2D eigenvalue weighted by Crippen LogP contribution is 2.31. The molecule has 7 nitrogen and oxygen atoms in total. The first-order chi connectivity index (χ1) is 8.99. The van der Waals surface area contributed by atoms with Gasteiger partial charge in [-0.3, -0.25) is 15.2 Å². The summed E-state index contributed by atoms with van der Waals surface area (Å²) in [6, 6.07) is 3.33. The fourth-order valence-corrected chi connectivity index (χ4v) is 1.89. The lowest BCUT2D eigenvalue weighted by Crippen LogP contribution is -2.28. The van der Waals surface area contributed by atoms with Crippen molar-refractivity contribution in [3.63, 3.8) is 0 Å². The average Bonchev–Trinajstić information content (AvgIpc) is 2.81. The number of benzene rings is 1. The standard InChI is InChI=1S/C12H17N5O2/c1-15(2)4-5-16(3)11-7-10-9(8-13-14-10)6-12(11)17(18)19/h6-8H,4-5H2,1-3H3,(H,13,14). The van der Waals surface area contributed by atoms with Gasteiger partial charge in [0.15, 0.2) is 0 Å². The summed E-state index contributed by atoms with van der Waals surface area (Å²) in [4.78, 5) is 14.7. The molecule has 102 valence electrons. The molecule has 0 bridgehead atoms. The van der Waals surface area contributed by atoms with Crippen LogP contribution < -0.4 is 4.90 Å². The van der Waals surface area contributed by atoms with E-state index >= 15 is 0 Å². The number of H-pyrrole nitrogens is 1. The summed E-state index contributed by atoms with van der Waals surface area (Å²) < 4.78 is 0. The second-order valence-electron chi connectivity index (χ2n) is 4.78. The van der Waals surface area contributed by atoms with Crippen molar-refractivity contribution in [3.05, 3.63) is 28.4 Å². The topological polar surface area (TPSA) is 78.3 Å².